The standard InChI is InChI=1S/C19H29N3O/c1-21(13-5-12-20)18-10-8-17(9-11-18)16-22(14-15-23)19-6-3-2-4-7-19/h8-11,19,23H,2-7,13-16H2,1H3. The molecule has 4 nitrogen and oxygen atoms in total. The smallest absolute Gasteiger partial charge is 0.0640 e. The zero-order valence-corrected chi connectivity index (χ0v) is 14.2. The van der Waals surface area contributed by atoms with Crippen LogP contribution in [0.25, 0.3) is 0 Å². The fourth-order valence-electron chi connectivity index (χ4n) is 3.40. The molecule has 126 valence electrons. The zero-order valence-electron chi connectivity index (χ0n) is 14.2. The topological polar surface area (TPSA) is 50.5 Å². The van der Waals surface area contributed by atoms with E-state index in [9.17, 15) is 5.11 Å². The maximum Gasteiger partial charge on any atom is 0.0640 e. The van der Waals surface area contributed by atoms with E-state index in [1.54, 1.807) is 0 Å². The van der Waals surface area contributed by atoms with E-state index < -0.39 is 0 Å². The Hall–Kier alpha value is -1.57. The van der Waals surface area contributed by atoms with E-state index in [0.29, 0.717) is 12.5 Å². The Morgan fingerprint density at radius 3 is 2.43 bits per heavy atom. The molecule has 0 amide bonds. The van der Waals surface area contributed by atoms with Gasteiger partial charge in [-0.1, -0.05) is 31.4 Å². The van der Waals surface area contributed by atoms with Crippen molar-refractivity contribution < 1.29 is 5.11 Å². The fraction of sp³-hybridized carbons (Fsp3) is 0.632. The molecule has 2 rings (SSSR count). The van der Waals surface area contributed by atoms with Gasteiger partial charge < -0.3 is 10.0 Å². The maximum absolute atomic E-state index is 9.37. The highest BCUT2D eigenvalue weighted by molar-refractivity contribution is 5.46. The van der Waals surface area contributed by atoms with Crippen molar-refractivity contribution in [2.75, 3.05) is 31.6 Å². The lowest BCUT2D eigenvalue weighted by Gasteiger charge is -2.34. The molecule has 0 aromatic heterocycles. The Balaban J connectivity index is 1.95. The number of hydrogen-bond acceptors (Lipinski definition) is 4. The molecule has 1 aliphatic rings. The van der Waals surface area contributed by atoms with Gasteiger partial charge in [-0.05, 0) is 30.5 Å². The second kappa shape index (κ2) is 9.54. The van der Waals surface area contributed by atoms with E-state index in [4.69, 9.17) is 5.26 Å². The summed E-state index contributed by atoms with van der Waals surface area (Å²) in [7, 11) is 2.02. The molecule has 0 radical (unpaired) electrons. The number of benzene rings is 1. The van der Waals surface area contributed by atoms with Crippen LogP contribution in [0.2, 0.25) is 0 Å². The quantitative estimate of drug-likeness (QED) is 0.800. The van der Waals surface area contributed by atoms with Crippen LogP contribution in [-0.2, 0) is 6.54 Å². The molecule has 4 heteroatoms. The van der Waals surface area contributed by atoms with Crippen LogP contribution in [0.15, 0.2) is 24.3 Å². The fourth-order valence-corrected chi connectivity index (χ4v) is 3.40. The third-order valence-corrected chi connectivity index (χ3v) is 4.80. The highest BCUT2D eigenvalue weighted by atomic mass is 16.3. The molecule has 0 spiro atoms. The van der Waals surface area contributed by atoms with E-state index in [1.807, 2.05) is 7.05 Å². The molecule has 0 bridgehead atoms. The number of nitrogens with zero attached hydrogens (tertiary/aromatic N) is 3. The minimum Gasteiger partial charge on any atom is -0.395 e. The van der Waals surface area contributed by atoms with Crippen LogP contribution >= 0.6 is 0 Å². The van der Waals surface area contributed by atoms with Crippen LogP contribution in [-0.4, -0.2) is 42.8 Å². The zero-order chi connectivity index (χ0) is 16.5. The van der Waals surface area contributed by atoms with Crippen molar-refractivity contribution in [1.29, 1.82) is 5.26 Å². The molecule has 1 fully saturated rings. The summed E-state index contributed by atoms with van der Waals surface area (Å²) in [6.07, 6.45) is 7.05. The van der Waals surface area contributed by atoms with Crippen molar-refractivity contribution >= 4 is 5.69 Å². The molecule has 1 aliphatic carbocycles. The van der Waals surface area contributed by atoms with Crippen molar-refractivity contribution in [2.45, 2.75) is 51.1 Å². The van der Waals surface area contributed by atoms with Crippen LogP contribution in [0.5, 0.6) is 0 Å². The van der Waals surface area contributed by atoms with E-state index >= 15 is 0 Å². The van der Waals surface area contributed by atoms with Gasteiger partial charge in [0.2, 0.25) is 0 Å². The van der Waals surface area contributed by atoms with Crippen LogP contribution in [0.3, 0.4) is 0 Å². The molecular weight excluding hydrogens is 286 g/mol. The first-order valence-electron chi connectivity index (χ1n) is 8.76. The summed E-state index contributed by atoms with van der Waals surface area (Å²) < 4.78 is 0. The maximum atomic E-state index is 9.37. The van der Waals surface area contributed by atoms with E-state index in [1.165, 1.54) is 37.7 Å². The number of anilines is 1. The van der Waals surface area contributed by atoms with Gasteiger partial charge in [-0.2, -0.15) is 5.26 Å². The molecule has 1 aromatic rings. The number of hydrogen-bond donors (Lipinski definition) is 1. The first kappa shape index (κ1) is 17.8. The molecule has 1 saturated carbocycles. The lowest BCUT2D eigenvalue weighted by atomic mass is 9.94. The van der Waals surface area contributed by atoms with Gasteiger partial charge in [0.25, 0.3) is 0 Å². The van der Waals surface area contributed by atoms with Gasteiger partial charge in [0.15, 0.2) is 0 Å². The summed E-state index contributed by atoms with van der Waals surface area (Å²) in [6, 6.07) is 11.4. The summed E-state index contributed by atoms with van der Waals surface area (Å²) >= 11 is 0. The third kappa shape index (κ3) is 5.53. The Morgan fingerprint density at radius 1 is 1.13 bits per heavy atom. The van der Waals surface area contributed by atoms with Gasteiger partial charge >= 0.3 is 0 Å². The predicted molar refractivity (Wildman–Crippen MR) is 94.3 cm³/mol. The molecule has 1 aromatic carbocycles. The summed E-state index contributed by atoms with van der Waals surface area (Å²) in [5.74, 6) is 0. The first-order valence-corrected chi connectivity index (χ1v) is 8.76. The predicted octanol–water partition coefficient (Wildman–Crippen LogP) is 3.16. The van der Waals surface area contributed by atoms with E-state index in [0.717, 1.165) is 25.3 Å². The second-order valence-corrected chi connectivity index (χ2v) is 6.48. The SMILES string of the molecule is CN(CCC#N)c1ccc(CN(CCO)C2CCCCC2)cc1. The molecule has 0 aliphatic heterocycles. The summed E-state index contributed by atoms with van der Waals surface area (Å²) in [5.41, 5.74) is 2.44. The van der Waals surface area contributed by atoms with Crippen LogP contribution in [0, 0.1) is 11.3 Å². The van der Waals surface area contributed by atoms with Gasteiger partial charge in [0, 0.05) is 38.4 Å². The van der Waals surface area contributed by atoms with Gasteiger partial charge in [-0.15, -0.1) is 0 Å². The minimum atomic E-state index is 0.228. The van der Waals surface area contributed by atoms with Gasteiger partial charge in [-0.3, -0.25) is 4.90 Å². The van der Waals surface area contributed by atoms with Crippen LogP contribution in [0.4, 0.5) is 5.69 Å². The Labute approximate surface area is 140 Å². The Bertz CT molecular complexity index is 488. The molecule has 1 N–H and O–H groups in total. The van der Waals surface area contributed by atoms with E-state index in [-0.39, 0.29) is 6.61 Å². The third-order valence-electron chi connectivity index (χ3n) is 4.80. The highest BCUT2D eigenvalue weighted by Gasteiger charge is 2.20. The highest BCUT2D eigenvalue weighted by Crippen LogP contribution is 2.24. The Kier molecular flexibility index (Phi) is 7.38. The van der Waals surface area contributed by atoms with Crippen molar-refractivity contribution in [3.8, 4) is 6.07 Å². The van der Waals surface area contributed by atoms with Gasteiger partial charge in [-0.25, -0.2) is 0 Å². The second-order valence-electron chi connectivity index (χ2n) is 6.48. The number of aliphatic hydroxyl groups excluding tert-OH is 1. The average molecular weight is 315 g/mol. The first-order chi connectivity index (χ1) is 11.2. The normalized spacial score (nSPS) is 15.6. The van der Waals surface area contributed by atoms with Gasteiger partial charge in [0.05, 0.1) is 19.1 Å². The lowest BCUT2D eigenvalue weighted by molar-refractivity contribution is 0.117. The molecule has 0 saturated heterocycles. The minimum absolute atomic E-state index is 0.228. The largest absolute Gasteiger partial charge is 0.395 e. The molecule has 0 atom stereocenters. The number of aliphatic hydroxyl groups is 1. The Morgan fingerprint density at radius 2 is 1.83 bits per heavy atom. The van der Waals surface area contributed by atoms with Crippen molar-refractivity contribution in [1.82, 2.24) is 4.90 Å². The molecular formula is C19H29N3O. The van der Waals surface area contributed by atoms with Crippen LogP contribution < -0.4 is 4.90 Å². The number of nitriles is 1. The summed E-state index contributed by atoms with van der Waals surface area (Å²) in [5, 5.41) is 18.0. The van der Waals surface area contributed by atoms with Crippen LogP contribution in [0.1, 0.15) is 44.1 Å². The van der Waals surface area contributed by atoms with Crippen molar-refractivity contribution in [3.63, 3.8) is 0 Å². The van der Waals surface area contributed by atoms with Gasteiger partial charge in [0.1, 0.15) is 0 Å². The van der Waals surface area contributed by atoms with Crippen molar-refractivity contribution in [3.05, 3.63) is 29.8 Å². The summed E-state index contributed by atoms with van der Waals surface area (Å²) in [6.45, 7) is 2.65. The molecule has 23 heavy (non-hydrogen) atoms. The van der Waals surface area contributed by atoms with E-state index in [2.05, 4.69) is 40.1 Å². The van der Waals surface area contributed by atoms with Crippen molar-refractivity contribution in [2.24, 2.45) is 0 Å². The summed E-state index contributed by atoms with van der Waals surface area (Å²) in [4.78, 5) is 4.55. The molecule has 0 unspecified atom stereocenters. The average Bonchev–Trinajstić information content (AvgIpc) is 2.60. The number of rotatable bonds is 8. The lowest BCUT2D eigenvalue weighted by Crippen LogP contribution is -2.38. The monoisotopic (exact) mass is 315 g/mol. The molecule has 0 heterocycles.